The van der Waals surface area contributed by atoms with Crippen molar-refractivity contribution in [2.75, 3.05) is 13.1 Å². The van der Waals surface area contributed by atoms with E-state index in [9.17, 15) is 4.79 Å². The van der Waals surface area contributed by atoms with E-state index >= 15 is 0 Å². The number of halogens is 1. The summed E-state index contributed by atoms with van der Waals surface area (Å²) in [6, 6.07) is 6.00. The molecule has 0 saturated carbocycles. The highest BCUT2D eigenvalue weighted by atomic mass is 79.9. The van der Waals surface area contributed by atoms with Gasteiger partial charge in [-0.15, -0.1) is 0 Å². The summed E-state index contributed by atoms with van der Waals surface area (Å²) in [5, 5.41) is 0. The van der Waals surface area contributed by atoms with Crippen molar-refractivity contribution in [2.24, 2.45) is 5.92 Å². The van der Waals surface area contributed by atoms with Gasteiger partial charge in [-0.2, -0.15) is 0 Å². The van der Waals surface area contributed by atoms with Crippen LogP contribution in [0, 0.1) is 5.92 Å². The second kappa shape index (κ2) is 5.63. The van der Waals surface area contributed by atoms with Crippen LogP contribution in [-0.2, 0) is 11.2 Å². The summed E-state index contributed by atoms with van der Waals surface area (Å²) in [5.41, 5.74) is 1.11. The minimum Gasteiger partial charge on any atom is -0.343 e. The lowest BCUT2D eigenvalue weighted by Crippen LogP contribution is -2.39. The number of carbonyl (C=O) groups is 1. The summed E-state index contributed by atoms with van der Waals surface area (Å²) in [4.78, 5) is 17.8. The Kier molecular flexibility index (Phi) is 4.15. The first-order chi connectivity index (χ1) is 8.15. The third-order valence-corrected chi connectivity index (χ3v) is 3.68. The lowest BCUT2D eigenvalue weighted by atomic mass is 9.93. The van der Waals surface area contributed by atoms with Gasteiger partial charge >= 0.3 is 0 Å². The maximum atomic E-state index is 11.4. The standard InChI is InChI=1S/C13H17BrN2O/c1-10(17)16-7-3-4-11(9-16)8-12-5-2-6-13(14)15-12/h2,5-6,11H,3-4,7-9H2,1H3. The Morgan fingerprint density at radius 1 is 1.59 bits per heavy atom. The molecule has 1 atom stereocenters. The number of rotatable bonds is 2. The molecule has 0 bridgehead atoms. The van der Waals surface area contributed by atoms with Crippen molar-refractivity contribution in [3.8, 4) is 0 Å². The van der Waals surface area contributed by atoms with Crippen LogP contribution in [0.5, 0.6) is 0 Å². The van der Waals surface area contributed by atoms with Crippen LogP contribution < -0.4 is 0 Å². The monoisotopic (exact) mass is 296 g/mol. The van der Waals surface area contributed by atoms with Crippen molar-refractivity contribution < 1.29 is 4.79 Å². The Labute approximate surface area is 110 Å². The zero-order chi connectivity index (χ0) is 12.3. The molecule has 4 heteroatoms. The van der Waals surface area contributed by atoms with Gasteiger partial charge in [0.1, 0.15) is 4.60 Å². The van der Waals surface area contributed by atoms with E-state index in [4.69, 9.17) is 0 Å². The van der Waals surface area contributed by atoms with E-state index in [0.717, 1.165) is 36.2 Å². The summed E-state index contributed by atoms with van der Waals surface area (Å²) >= 11 is 3.39. The quantitative estimate of drug-likeness (QED) is 0.786. The van der Waals surface area contributed by atoms with Gasteiger partial charge < -0.3 is 4.90 Å². The highest BCUT2D eigenvalue weighted by Gasteiger charge is 2.21. The molecule has 92 valence electrons. The van der Waals surface area contributed by atoms with Gasteiger partial charge in [-0.3, -0.25) is 4.79 Å². The van der Waals surface area contributed by atoms with Crippen molar-refractivity contribution in [3.63, 3.8) is 0 Å². The van der Waals surface area contributed by atoms with E-state index in [1.807, 2.05) is 17.0 Å². The summed E-state index contributed by atoms with van der Waals surface area (Å²) in [5.74, 6) is 0.742. The Morgan fingerprint density at radius 2 is 2.41 bits per heavy atom. The van der Waals surface area contributed by atoms with Crippen LogP contribution >= 0.6 is 15.9 Å². The van der Waals surface area contributed by atoms with Gasteiger partial charge in [0.05, 0.1) is 0 Å². The lowest BCUT2D eigenvalue weighted by molar-refractivity contribution is -0.130. The van der Waals surface area contributed by atoms with Crippen LogP contribution in [0.2, 0.25) is 0 Å². The number of nitrogens with zero attached hydrogens (tertiary/aromatic N) is 2. The molecular weight excluding hydrogens is 280 g/mol. The maximum absolute atomic E-state index is 11.4. The number of hydrogen-bond donors (Lipinski definition) is 0. The van der Waals surface area contributed by atoms with E-state index in [1.165, 1.54) is 6.42 Å². The second-order valence-electron chi connectivity index (χ2n) is 4.63. The Morgan fingerprint density at radius 3 is 3.12 bits per heavy atom. The van der Waals surface area contributed by atoms with Crippen molar-refractivity contribution in [1.29, 1.82) is 0 Å². The largest absolute Gasteiger partial charge is 0.343 e. The molecule has 3 nitrogen and oxygen atoms in total. The van der Waals surface area contributed by atoms with Gasteiger partial charge in [0.15, 0.2) is 0 Å². The van der Waals surface area contributed by atoms with Gasteiger partial charge in [0.2, 0.25) is 5.91 Å². The molecule has 0 aliphatic carbocycles. The molecule has 1 aliphatic rings. The molecule has 2 rings (SSSR count). The SMILES string of the molecule is CC(=O)N1CCCC(Cc2cccc(Br)n2)C1. The second-order valence-corrected chi connectivity index (χ2v) is 5.44. The molecule has 1 aromatic heterocycles. The minimum absolute atomic E-state index is 0.192. The van der Waals surface area contributed by atoms with Crippen LogP contribution in [0.4, 0.5) is 0 Å². The molecule has 2 heterocycles. The molecule has 0 aromatic carbocycles. The molecule has 0 N–H and O–H groups in total. The first-order valence-corrected chi connectivity index (χ1v) is 6.81. The Bertz CT molecular complexity index is 408. The first kappa shape index (κ1) is 12.6. The molecule has 0 radical (unpaired) electrons. The van der Waals surface area contributed by atoms with Crippen LogP contribution in [0.3, 0.4) is 0 Å². The number of likely N-dealkylation sites (tertiary alicyclic amines) is 1. The van der Waals surface area contributed by atoms with E-state index in [1.54, 1.807) is 6.92 Å². The third-order valence-electron chi connectivity index (χ3n) is 3.23. The van der Waals surface area contributed by atoms with E-state index in [-0.39, 0.29) is 5.91 Å². The maximum Gasteiger partial charge on any atom is 0.219 e. The van der Waals surface area contributed by atoms with Crippen molar-refractivity contribution in [2.45, 2.75) is 26.2 Å². The Hall–Kier alpha value is -0.900. The van der Waals surface area contributed by atoms with Crippen LogP contribution in [0.15, 0.2) is 22.8 Å². The first-order valence-electron chi connectivity index (χ1n) is 6.02. The minimum atomic E-state index is 0.192. The third kappa shape index (κ3) is 3.53. The van der Waals surface area contributed by atoms with Crippen LogP contribution in [-0.4, -0.2) is 28.9 Å². The van der Waals surface area contributed by atoms with Gasteiger partial charge in [0, 0.05) is 25.7 Å². The van der Waals surface area contributed by atoms with E-state index < -0.39 is 0 Å². The number of aromatic nitrogens is 1. The fourth-order valence-corrected chi connectivity index (χ4v) is 2.76. The van der Waals surface area contributed by atoms with Gasteiger partial charge in [-0.05, 0) is 53.2 Å². The fourth-order valence-electron chi connectivity index (χ4n) is 2.38. The summed E-state index contributed by atoms with van der Waals surface area (Å²) in [6.45, 7) is 3.45. The molecule has 1 aromatic rings. The lowest BCUT2D eigenvalue weighted by Gasteiger charge is -2.31. The highest BCUT2D eigenvalue weighted by Crippen LogP contribution is 2.20. The van der Waals surface area contributed by atoms with E-state index in [2.05, 4.69) is 27.0 Å². The molecule has 1 amide bonds. The summed E-state index contributed by atoms with van der Waals surface area (Å²) in [7, 11) is 0. The smallest absolute Gasteiger partial charge is 0.219 e. The molecule has 0 spiro atoms. The van der Waals surface area contributed by atoms with Gasteiger partial charge in [-0.1, -0.05) is 6.07 Å². The average Bonchev–Trinajstić information content (AvgIpc) is 2.29. The zero-order valence-electron chi connectivity index (χ0n) is 10.0. The molecule has 1 saturated heterocycles. The molecule has 1 fully saturated rings. The zero-order valence-corrected chi connectivity index (χ0v) is 11.6. The van der Waals surface area contributed by atoms with Gasteiger partial charge in [0.25, 0.3) is 0 Å². The number of pyridine rings is 1. The van der Waals surface area contributed by atoms with Crippen molar-refractivity contribution in [3.05, 3.63) is 28.5 Å². The number of piperidine rings is 1. The predicted octanol–water partition coefficient (Wildman–Crippen LogP) is 2.65. The number of carbonyl (C=O) groups excluding carboxylic acids is 1. The van der Waals surface area contributed by atoms with Crippen LogP contribution in [0.25, 0.3) is 0 Å². The van der Waals surface area contributed by atoms with Crippen molar-refractivity contribution >= 4 is 21.8 Å². The number of hydrogen-bond acceptors (Lipinski definition) is 2. The average molecular weight is 297 g/mol. The molecular formula is C13H17BrN2O. The summed E-state index contributed by atoms with van der Waals surface area (Å²) < 4.78 is 0.884. The topological polar surface area (TPSA) is 33.2 Å². The number of amides is 1. The summed E-state index contributed by atoms with van der Waals surface area (Å²) in [6.07, 6.45) is 3.26. The molecule has 1 aliphatic heterocycles. The Balaban J connectivity index is 1.97. The highest BCUT2D eigenvalue weighted by molar-refractivity contribution is 9.10. The van der Waals surface area contributed by atoms with Crippen LogP contribution in [0.1, 0.15) is 25.5 Å². The predicted molar refractivity (Wildman–Crippen MR) is 70.6 cm³/mol. The normalized spacial score (nSPS) is 20.4. The van der Waals surface area contributed by atoms with Crippen molar-refractivity contribution in [1.82, 2.24) is 9.88 Å². The fraction of sp³-hybridized carbons (Fsp3) is 0.538. The van der Waals surface area contributed by atoms with E-state index in [0.29, 0.717) is 5.92 Å². The molecule has 1 unspecified atom stereocenters. The van der Waals surface area contributed by atoms with Gasteiger partial charge in [-0.25, -0.2) is 4.98 Å². The molecule has 17 heavy (non-hydrogen) atoms.